The number of aryl methyl sites for hydroxylation is 1. The van der Waals surface area contributed by atoms with Gasteiger partial charge in [-0.25, -0.2) is 4.98 Å². The van der Waals surface area contributed by atoms with E-state index in [-0.39, 0.29) is 30.5 Å². The molecule has 10 nitrogen and oxygen atoms in total. The zero-order chi connectivity index (χ0) is 20.3. The highest BCUT2D eigenvalue weighted by atomic mass is 16.5. The summed E-state index contributed by atoms with van der Waals surface area (Å²) in [5, 5.41) is 28.3. The molecule has 2 atom stereocenters. The maximum absolute atomic E-state index is 11.8. The fourth-order valence-corrected chi connectivity index (χ4v) is 2.77. The minimum Gasteiger partial charge on any atom is -0.489 e. The van der Waals surface area contributed by atoms with Gasteiger partial charge in [0.1, 0.15) is 29.8 Å². The Kier molecular flexibility index (Phi) is 5.81. The normalized spacial score (nSPS) is 16.8. The second-order valence-electron chi connectivity index (χ2n) is 6.63. The predicted molar refractivity (Wildman–Crippen MR) is 105 cm³/mol. The lowest BCUT2D eigenvalue weighted by Gasteiger charge is -2.15. The van der Waals surface area contributed by atoms with Crippen molar-refractivity contribution < 1.29 is 19.7 Å². The third kappa shape index (κ3) is 4.59. The molecule has 0 radical (unpaired) electrons. The number of aromatic nitrogens is 2. The average Bonchev–Trinajstić information content (AvgIpc) is 2.81. The van der Waals surface area contributed by atoms with Crippen molar-refractivity contribution in [2.45, 2.75) is 26.1 Å². The van der Waals surface area contributed by atoms with Gasteiger partial charge in [-0.15, -0.1) is 0 Å². The molecule has 3 rings (SSSR count). The first kappa shape index (κ1) is 19.6. The second kappa shape index (κ2) is 8.28. The molecule has 0 aliphatic carbocycles. The molecule has 2 unspecified atom stereocenters. The predicted octanol–water partition coefficient (Wildman–Crippen LogP) is 0.585. The van der Waals surface area contributed by atoms with Crippen LogP contribution in [-0.4, -0.2) is 58.0 Å². The molecule has 28 heavy (non-hydrogen) atoms. The fraction of sp³-hybridized carbons (Fsp3) is 0.389. The number of amides is 1. The van der Waals surface area contributed by atoms with Crippen LogP contribution in [0.1, 0.15) is 23.0 Å². The summed E-state index contributed by atoms with van der Waals surface area (Å²) in [6.07, 6.45) is -1.21. The molecular formula is C18H24N6O4. The van der Waals surface area contributed by atoms with E-state index in [2.05, 4.69) is 25.9 Å². The van der Waals surface area contributed by atoms with E-state index in [1.54, 1.807) is 26.0 Å². The minimum absolute atomic E-state index is 0.178. The number of ether oxygens (including phenoxy) is 1. The number of anilines is 4. The zero-order valence-corrected chi connectivity index (χ0v) is 15.7. The molecular weight excluding hydrogens is 364 g/mol. The van der Waals surface area contributed by atoms with Crippen LogP contribution >= 0.6 is 0 Å². The number of fused-ring (bicyclic) bond motifs is 1. The summed E-state index contributed by atoms with van der Waals surface area (Å²) in [6, 6.07) is 5.39. The summed E-state index contributed by atoms with van der Waals surface area (Å²) in [7, 11) is 0. The summed E-state index contributed by atoms with van der Waals surface area (Å²) >= 11 is 0. The van der Waals surface area contributed by atoms with Crippen molar-refractivity contribution >= 4 is 29.0 Å². The lowest BCUT2D eigenvalue weighted by atomic mass is 10.2. The fourth-order valence-electron chi connectivity index (χ4n) is 2.77. The number of primary amides is 1. The summed E-state index contributed by atoms with van der Waals surface area (Å²) in [6.45, 7) is 4.09. The van der Waals surface area contributed by atoms with Crippen LogP contribution in [0, 0.1) is 6.92 Å². The van der Waals surface area contributed by atoms with Crippen molar-refractivity contribution in [3.05, 3.63) is 29.5 Å². The molecule has 0 fully saturated rings. The first-order valence-corrected chi connectivity index (χ1v) is 8.89. The molecule has 0 saturated carbocycles. The number of hydrogen-bond acceptors (Lipinski definition) is 9. The maximum atomic E-state index is 11.8. The van der Waals surface area contributed by atoms with Crippen LogP contribution in [0.5, 0.6) is 5.75 Å². The van der Waals surface area contributed by atoms with Crippen LogP contribution in [0.25, 0.3) is 0 Å². The molecule has 1 aliphatic heterocycles. The molecule has 0 bridgehead atoms. The molecule has 1 amide bonds. The van der Waals surface area contributed by atoms with E-state index in [0.717, 1.165) is 5.69 Å². The van der Waals surface area contributed by atoms with Crippen LogP contribution in [-0.2, 0) is 0 Å². The molecule has 1 aliphatic rings. The third-order valence-corrected chi connectivity index (χ3v) is 4.10. The number of β-amino-alcohol motifs (C(OH)–C–C–N with tert-alkyl or cyclic N) is 1. The molecule has 0 spiro atoms. The number of nitrogens with two attached hydrogens (primary N) is 1. The summed E-state index contributed by atoms with van der Waals surface area (Å²) < 4.78 is 5.54. The molecule has 1 aromatic heterocycles. The van der Waals surface area contributed by atoms with Gasteiger partial charge in [-0.2, -0.15) is 4.98 Å². The van der Waals surface area contributed by atoms with E-state index in [4.69, 9.17) is 10.5 Å². The van der Waals surface area contributed by atoms with Gasteiger partial charge in [0.05, 0.1) is 17.5 Å². The molecule has 2 heterocycles. The van der Waals surface area contributed by atoms with E-state index in [1.165, 1.54) is 0 Å². The molecule has 10 heteroatoms. The van der Waals surface area contributed by atoms with Gasteiger partial charge in [0.2, 0.25) is 5.95 Å². The van der Waals surface area contributed by atoms with Gasteiger partial charge in [0.15, 0.2) is 0 Å². The number of rotatable bonds is 6. The largest absolute Gasteiger partial charge is 0.489 e. The Balaban J connectivity index is 1.87. The van der Waals surface area contributed by atoms with Crippen LogP contribution in [0.2, 0.25) is 0 Å². The van der Waals surface area contributed by atoms with Crippen LogP contribution in [0.4, 0.5) is 23.1 Å². The average molecular weight is 388 g/mol. The van der Waals surface area contributed by atoms with E-state index < -0.39 is 18.1 Å². The van der Waals surface area contributed by atoms with Gasteiger partial charge in [0.25, 0.3) is 5.91 Å². The minimum atomic E-state index is -0.651. The third-order valence-electron chi connectivity index (χ3n) is 4.10. The molecule has 2 aromatic rings. The smallest absolute Gasteiger partial charge is 0.254 e. The van der Waals surface area contributed by atoms with Crippen molar-refractivity contribution in [2.24, 2.45) is 5.73 Å². The van der Waals surface area contributed by atoms with Crippen LogP contribution < -0.4 is 26.4 Å². The molecule has 0 saturated heterocycles. The number of carbonyl (C=O) groups is 1. The number of benzene rings is 1. The Morgan fingerprint density at radius 2 is 2.25 bits per heavy atom. The first-order chi connectivity index (χ1) is 13.3. The Labute approximate surface area is 162 Å². The number of carbonyl (C=O) groups excluding carboxylic acids is 1. The van der Waals surface area contributed by atoms with Crippen molar-refractivity contribution in [1.82, 2.24) is 9.97 Å². The topological polar surface area (TPSA) is 155 Å². The Morgan fingerprint density at radius 1 is 1.46 bits per heavy atom. The lowest BCUT2D eigenvalue weighted by molar-refractivity contribution is 0.0999. The number of nitrogens with one attached hydrogen (secondary N) is 3. The van der Waals surface area contributed by atoms with E-state index in [0.29, 0.717) is 23.7 Å². The number of aliphatic hydroxyl groups excluding tert-OH is 2. The van der Waals surface area contributed by atoms with Gasteiger partial charge in [0, 0.05) is 18.8 Å². The van der Waals surface area contributed by atoms with Crippen LogP contribution in [0.3, 0.4) is 0 Å². The summed E-state index contributed by atoms with van der Waals surface area (Å²) in [4.78, 5) is 20.4. The highest BCUT2D eigenvalue weighted by Gasteiger charge is 2.18. The van der Waals surface area contributed by atoms with Crippen molar-refractivity contribution in [3.8, 4) is 5.75 Å². The molecule has 150 valence electrons. The van der Waals surface area contributed by atoms with Crippen molar-refractivity contribution in [3.63, 3.8) is 0 Å². The first-order valence-electron chi connectivity index (χ1n) is 8.89. The highest BCUT2D eigenvalue weighted by Crippen LogP contribution is 2.31. The maximum Gasteiger partial charge on any atom is 0.254 e. The van der Waals surface area contributed by atoms with E-state index >= 15 is 0 Å². The second-order valence-corrected chi connectivity index (χ2v) is 6.63. The summed E-state index contributed by atoms with van der Waals surface area (Å²) in [5.41, 5.74) is 7.46. The highest BCUT2D eigenvalue weighted by molar-refractivity contribution is 5.98. The van der Waals surface area contributed by atoms with Gasteiger partial charge in [-0.1, -0.05) is 0 Å². The summed E-state index contributed by atoms with van der Waals surface area (Å²) in [5.74, 6) is 0.512. The van der Waals surface area contributed by atoms with E-state index in [9.17, 15) is 15.0 Å². The Bertz CT molecular complexity index is 873. The quantitative estimate of drug-likeness (QED) is 0.417. The molecule has 1 aromatic carbocycles. The molecule has 7 N–H and O–H groups in total. The zero-order valence-electron chi connectivity index (χ0n) is 15.7. The SMILES string of the molecule is Cc1nc(Nc2ccc3c(c2)NCC(O)CO3)nc(NCC(C)O)c1C(N)=O. The van der Waals surface area contributed by atoms with Gasteiger partial charge >= 0.3 is 0 Å². The number of nitrogens with zero attached hydrogens (tertiary/aromatic N) is 2. The van der Waals surface area contributed by atoms with Gasteiger partial charge in [-0.3, -0.25) is 4.79 Å². The Hall–Kier alpha value is -3.11. The number of aliphatic hydroxyl groups is 2. The lowest BCUT2D eigenvalue weighted by Crippen LogP contribution is -2.23. The van der Waals surface area contributed by atoms with Gasteiger partial charge < -0.3 is 36.6 Å². The van der Waals surface area contributed by atoms with Crippen LogP contribution in [0.15, 0.2) is 18.2 Å². The van der Waals surface area contributed by atoms with Gasteiger partial charge in [-0.05, 0) is 32.0 Å². The van der Waals surface area contributed by atoms with Crippen molar-refractivity contribution in [2.75, 3.05) is 35.6 Å². The Morgan fingerprint density at radius 3 is 2.96 bits per heavy atom. The van der Waals surface area contributed by atoms with E-state index in [1.807, 2.05) is 6.07 Å². The number of hydrogen-bond donors (Lipinski definition) is 6. The monoisotopic (exact) mass is 388 g/mol. The standard InChI is InChI=1S/C18H24N6O4/c1-9(25)6-21-17-15(16(19)27)10(2)22-18(24-17)23-11-3-4-14-13(5-11)20-7-12(26)8-28-14/h3-5,9,12,20,25-26H,6-8H2,1-2H3,(H2,19,27)(H2,21,22,23,24). The van der Waals surface area contributed by atoms with Crippen molar-refractivity contribution in [1.29, 1.82) is 0 Å².